The molecule has 4 nitrogen and oxygen atoms in total. The molecule has 0 saturated heterocycles. The molecule has 1 atom stereocenters. The number of benzene rings is 1. The highest BCUT2D eigenvalue weighted by Gasteiger charge is 2.13. The molecule has 19 heavy (non-hydrogen) atoms. The van der Waals surface area contributed by atoms with Gasteiger partial charge >= 0.3 is 0 Å². The average molecular weight is 306 g/mol. The molecule has 106 valence electrons. The number of alkyl halides is 1. The Balaban J connectivity index is 2.56. The smallest absolute Gasteiger partial charge is 0.255 e. The summed E-state index contributed by atoms with van der Waals surface area (Å²) in [6.45, 7) is 0.921. The van der Waals surface area contributed by atoms with E-state index in [-0.39, 0.29) is 11.3 Å². The zero-order chi connectivity index (χ0) is 14.3. The molecule has 0 aromatic heterocycles. The van der Waals surface area contributed by atoms with Gasteiger partial charge in [-0.25, -0.2) is 0 Å². The molecule has 1 amide bonds. The molecule has 0 heterocycles. The van der Waals surface area contributed by atoms with Gasteiger partial charge in [0.2, 0.25) is 0 Å². The van der Waals surface area contributed by atoms with E-state index in [1.807, 2.05) is 0 Å². The van der Waals surface area contributed by atoms with E-state index in [2.05, 4.69) is 5.32 Å². The predicted octanol–water partition coefficient (Wildman–Crippen LogP) is 2.72. The summed E-state index contributed by atoms with van der Waals surface area (Å²) in [4.78, 5) is 12.0. The Morgan fingerprint density at radius 3 is 2.79 bits per heavy atom. The lowest BCUT2D eigenvalue weighted by atomic mass is 10.2. The summed E-state index contributed by atoms with van der Waals surface area (Å²) in [5.74, 6) is 0.252. The molecule has 0 aliphatic heterocycles. The fraction of sp³-hybridized carbons (Fsp3) is 0.462. The minimum atomic E-state index is -0.236. The van der Waals surface area contributed by atoms with Gasteiger partial charge in [0, 0.05) is 18.7 Å². The molecule has 0 spiro atoms. The molecule has 0 bridgehead atoms. The van der Waals surface area contributed by atoms with Gasteiger partial charge in [0.05, 0.1) is 24.7 Å². The number of nitrogens with one attached hydrogen (secondary N) is 1. The maximum absolute atomic E-state index is 12.0. The Morgan fingerprint density at radius 2 is 2.16 bits per heavy atom. The van der Waals surface area contributed by atoms with Gasteiger partial charge in [0.15, 0.2) is 0 Å². The van der Waals surface area contributed by atoms with Gasteiger partial charge in [-0.15, -0.1) is 11.6 Å². The van der Waals surface area contributed by atoms with E-state index in [0.717, 1.165) is 0 Å². The van der Waals surface area contributed by atoms with Crippen LogP contribution in [0.1, 0.15) is 16.8 Å². The van der Waals surface area contributed by atoms with Crippen LogP contribution < -0.4 is 10.1 Å². The first-order chi connectivity index (χ1) is 9.08. The summed E-state index contributed by atoms with van der Waals surface area (Å²) in [7, 11) is 3.10. The molecule has 0 aliphatic carbocycles. The second kappa shape index (κ2) is 8.25. The van der Waals surface area contributed by atoms with Gasteiger partial charge in [0.1, 0.15) is 5.75 Å². The van der Waals surface area contributed by atoms with Crippen molar-refractivity contribution in [3.8, 4) is 5.75 Å². The molecule has 1 rings (SSSR count). The Hall–Kier alpha value is -0.970. The molecule has 6 heteroatoms. The number of hydrogen-bond acceptors (Lipinski definition) is 3. The zero-order valence-corrected chi connectivity index (χ0v) is 12.4. The van der Waals surface area contributed by atoms with Gasteiger partial charge in [0.25, 0.3) is 5.91 Å². The monoisotopic (exact) mass is 305 g/mol. The fourth-order valence-corrected chi connectivity index (χ4v) is 1.97. The van der Waals surface area contributed by atoms with Crippen molar-refractivity contribution in [2.24, 2.45) is 0 Å². The van der Waals surface area contributed by atoms with Crippen LogP contribution in [-0.2, 0) is 4.74 Å². The van der Waals surface area contributed by atoms with Crippen LogP contribution in [0.5, 0.6) is 5.75 Å². The van der Waals surface area contributed by atoms with Crippen LogP contribution in [0.3, 0.4) is 0 Å². The number of halogens is 2. The fourth-order valence-electron chi connectivity index (χ4n) is 1.56. The summed E-state index contributed by atoms with van der Waals surface area (Å²) in [6, 6.07) is 4.90. The third-order valence-electron chi connectivity index (χ3n) is 2.50. The van der Waals surface area contributed by atoms with E-state index in [9.17, 15) is 4.79 Å². The van der Waals surface area contributed by atoms with Crippen molar-refractivity contribution in [3.05, 3.63) is 28.8 Å². The van der Waals surface area contributed by atoms with Crippen molar-refractivity contribution < 1.29 is 14.3 Å². The van der Waals surface area contributed by atoms with E-state index < -0.39 is 0 Å². The maximum Gasteiger partial charge on any atom is 0.255 e. The molecule has 0 radical (unpaired) electrons. The second-order valence-electron chi connectivity index (χ2n) is 3.94. The minimum absolute atomic E-state index is 0.119. The highest BCUT2D eigenvalue weighted by atomic mass is 35.5. The molecule has 0 saturated carbocycles. The first-order valence-corrected chi connectivity index (χ1v) is 6.64. The molecular weight excluding hydrogens is 289 g/mol. The first kappa shape index (κ1) is 16.1. The van der Waals surface area contributed by atoms with Crippen molar-refractivity contribution in [1.82, 2.24) is 5.32 Å². The summed E-state index contributed by atoms with van der Waals surface area (Å²) in [5, 5.41) is 3.14. The van der Waals surface area contributed by atoms with Crippen molar-refractivity contribution in [1.29, 1.82) is 0 Å². The SMILES string of the molecule is COCC(Cl)CCNC(=O)c1cc(Cl)ccc1OC. The van der Waals surface area contributed by atoms with Crippen LogP contribution >= 0.6 is 23.2 Å². The highest BCUT2D eigenvalue weighted by molar-refractivity contribution is 6.31. The van der Waals surface area contributed by atoms with Crippen LogP contribution in [0.15, 0.2) is 18.2 Å². The molecule has 1 N–H and O–H groups in total. The van der Waals surface area contributed by atoms with Crippen molar-refractivity contribution in [3.63, 3.8) is 0 Å². The Bertz CT molecular complexity index is 426. The van der Waals surface area contributed by atoms with Gasteiger partial charge in [-0.05, 0) is 24.6 Å². The zero-order valence-electron chi connectivity index (χ0n) is 10.9. The lowest BCUT2D eigenvalue weighted by molar-refractivity contribution is 0.0948. The van der Waals surface area contributed by atoms with Crippen molar-refractivity contribution in [2.75, 3.05) is 27.4 Å². The van der Waals surface area contributed by atoms with Crippen LogP contribution in [0, 0.1) is 0 Å². The molecule has 1 aromatic carbocycles. The number of carbonyl (C=O) groups excluding carboxylic acids is 1. The largest absolute Gasteiger partial charge is 0.496 e. The van der Waals surface area contributed by atoms with Crippen molar-refractivity contribution in [2.45, 2.75) is 11.8 Å². The third-order valence-corrected chi connectivity index (χ3v) is 3.08. The van der Waals surface area contributed by atoms with Crippen LogP contribution in [0.25, 0.3) is 0 Å². The predicted molar refractivity (Wildman–Crippen MR) is 76.5 cm³/mol. The van der Waals surface area contributed by atoms with E-state index >= 15 is 0 Å². The number of methoxy groups -OCH3 is 2. The van der Waals surface area contributed by atoms with E-state index in [0.29, 0.717) is 35.9 Å². The summed E-state index contributed by atoms with van der Waals surface area (Å²) in [6.07, 6.45) is 0.629. The minimum Gasteiger partial charge on any atom is -0.496 e. The van der Waals surface area contributed by atoms with Crippen molar-refractivity contribution >= 4 is 29.1 Å². The standard InChI is InChI=1S/C13H17Cl2NO3/c1-18-8-10(15)5-6-16-13(17)11-7-9(14)3-4-12(11)19-2/h3-4,7,10H,5-6,8H2,1-2H3,(H,16,17). The molecule has 0 fully saturated rings. The molecule has 1 aromatic rings. The topological polar surface area (TPSA) is 47.6 Å². The molecule has 0 aliphatic rings. The number of ether oxygens (including phenoxy) is 2. The number of rotatable bonds is 7. The van der Waals surface area contributed by atoms with Gasteiger partial charge < -0.3 is 14.8 Å². The Morgan fingerprint density at radius 1 is 1.42 bits per heavy atom. The Labute approximate surface area is 123 Å². The summed E-state index contributed by atoms with van der Waals surface area (Å²) < 4.78 is 10.0. The van der Waals surface area contributed by atoms with Crippen LogP contribution in [0.4, 0.5) is 0 Å². The van der Waals surface area contributed by atoms with E-state index in [1.165, 1.54) is 7.11 Å². The summed E-state index contributed by atoms with van der Waals surface area (Å²) in [5.41, 5.74) is 0.410. The summed E-state index contributed by atoms with van der Waals surface area (Å²) >= 11 is 11.8. The number of carbonyl (C=O) groups is 1. The normalized spacial score (nSPS) is 12.0. The number of hydrogen-bond donors (Lipinski definition) is 1. The Kier molecular flexibility index (Phi) is 6.99. The maximum atomic E-state index is 12.0. The van der Waals surface area contributed by atoms with Crippen LogP contribution in [0.2, 0.25) is 5.02 Å². The quantitative estimate of drug-likeness (QED) is 0.788. The molecular formula is C13H17Cl2NO3. The van der Waals surface area contributed by atoms with Gasteiger partial charge in [-0.2, -0.15) is 0 Å². The number of amides is 1. The van der Waals surface area contributed by atoms with Crippen LogP contribution in [-0.4, -0.2) is 38.7 Å². The van der Waals surface area contributed by atoms with Gasteiger partial charge in [-0.3, -0.25) is 4.79 Å². The van der Waals surface area contributed by atoms with E-state index in [1.54, 1.807) is 25.3 Å². The van der Waals surface area contributed by atoms with Gasteiger partial charge in [-0.1, -0.05) is 11.6 Å². The lowest BCUT2D eigenvalue weighted by Gasteiger charge is -2.11. The first-order valence-electron chi connectivity index (χ1n) is 5.83. The second-order valence-corrected chi connectivity index (χ2v) is 5.00. The highest BCUT2D eigenvalue weighted by Crippen LogP contribution is 2.22. The lowest BCUT2D eigenvalue weighted by Crippen LogP contribution is -2.27. The average Bonchev–Trinajstić information content (AvgIpc) is 2.38. The third kappa shape index (κ3) is 5.27. The van der Waals surface area contributed by atoms with E-state index in [4.69, 9.17) is 32.7 Å². The molecule has 1 unspecified atom stereocenters.